The summed E-state index contributed by atoms with van der Waals surface area (Å²) in [5.74, 6) is 0.394. The van der Waals surface area contributed by atoms with Crippen molar-refractivity contribution in [3.8, 4) is 0 Å². The summed E-state index contributed by atoms with van der Waals surface area (Å²) in [7, 11) is -1.74. The van der Waals surface area contributed by atoms with E-state index in [2.05, 4.69) is 6.58 Å². The largest absolute Gasteiger partial charge is 0.549 e. The zero-order valence-corrected chi connectivity index (χ0v) is 10.7. The maximum atomic E-state index is 11.9. The molecule has 1 rings (SSSR count). The van der Waals surface area contributed by atoms with Gasteiger partial charge in [-0.05, 0) is 23.0 Å². The Morgan fingerprint density at radius 2 is 2.12 bits per heavy atom. The predicted octanol–water partition coefficient (Wildman–Crippen LogP) is 3.46. The molecule has 0 saturated carbocycles. The summed E-state index contributed by atoms with van der Waals surface area (Å²) in [4.78, 5) is 0. The second-order valence-electron chi connectivity index (χ2n) is 4.07. The molecule has 0 radical (unpaired) electrons. The van der Waals surface area contributed by atoms with Gasteiger partial charge < -0.3 is 0 Å². The van der Waals surface area contributed by atoms with Crippen LogP contribution in [0.25, 0.3) is 0 Å². The van der Waals surface area contributed by atoms with Crippen LogP contribution in [-0.4, -0.2) is 6.61 Å². The molecule has 0 N–H and O–H groups in total. The molecule has 1 unspecified atom stereocenters. The summed E-state index contributed by atoms with van der Waals surface area (Å²) in [5.41, 5.74) is 1.03. The second-order valence-corrected chi connectivity index (χ2v) is 5.32. The van der Waals surface area contributed by atoms with E-state index in [1.165, 1.54) is 0 Å². The fourth-order valence-corrected chi connectivity index (χ4v) is 2.48. The zero-order chi connectivity index (χ0) is 12.0. The Bertz CT molecular complexity index is 372. The maximum absolute atomic E-state index is 11.9. The van der Waals surface area contributed by atoms with E-state index in [9.17, 15) is 4.57 Å². The average molecular weight is 237 g/mol. The molecule has 0 saturated heterocycles. The fraction of sp³-hybridized carbons (Fsp3) is 0.385. The van der Waals surface area contributed by atoms with Crippen molar-refractivity contribution in [1.29, 1.82) is 0 Å². The number of hydrogen-bond donors (Lipinski definition) is 0. The summed E-state index contributed by atoms with van der Waals surface area (Å²) in [6.45, 7) is 8.30. The van der Waals surface area contributed by atoms with Gasteiger partial charge in [-0.3, -0.25) is 0 Å². The first-order valence-electron chi connectivity index (χ1n) is 5.44. The Kier molecular flexibility index (Phi) is 5.37. The Morgan fingerprint density at radius 1 is 1.44 bits per heavy atom. The van der Waals surface area contributed by atoms with Gasteiger partial charge in [-0.1, -0.05) is 38.1 Å². The summed E-state index contributed by atoms with van der Waals surface area (Å²) >= 11 is 0. The Balaban J connectivity index is 2.77. The smallest absolute Gasteiger partial charge is 0.142 e. The molecular weight excluding hydrogens is 219 g/mol. The van der Waals surface area contributed by atoms with Gasteiger partial charge in [-0.2, -0.15) is 0 Å². The van der Waals surface area contributed by atoms with Crippen LogP contribution in [0.15, 0.2) is 36.9 Å². The molecule has 0 heterocycles. The van der Waals surface area contributed by atoms with E-state index in [1.807, 2.05) is 44.2 Å². The minimum absolute atomic E-state index is 0.394. The maximum Gasteiger partial charge on any atom is 0.549 e. The lowest BCUT2D eigenvalue weighted by Gasteiger charge is -1.99. The van der Waals surface area contributed by atoms with Gasteiger partial charge in [0.15, 0.2) is 0 Å². The third kappa shape index (κ3) is 3.88. The molecule has 0 aliphatic carbocycles. The van der Waals surface area contributed by atoms with E-state index in [0.29, 0.717) is 12.5 Å². The Morgan fingerprint density at radius 3 is 2.75 bits per heavy atom. The Hall–Kier alpha value is -0.980. The normalized spacial score (nSPS) is 11.6. The highest BCUT2D eigenvalue weighted by molar-refractivity contribution is 7.48. The van der Waals surface area contributed by atoms with Crippen molar-refractivity contribution < 1.29 is 9.09 Å². The van der Waals surface area contributed by atoms with E-state index in [1.54, 1.807) is 0 Å². The highest BCUT2D eigenvalue weighted by atomic mass is 31.1. The van der Waals surface area contributed by atoms with Gasteiger partial charge in [0, 0.05) is 5.56 Å². The van der Waals surface area contributed by atoms with Crippen molar-refractivity contribution in [2.24, 2.45) is 5.92 Å². The first kappa shape index (κ1) is 13.1. The molecule has 16 heavy (non-hydrogen) atoms. The third-order valence-corrected chi connectivity index (χ3v) is 3.29. The van der Waals surface area contributed by atoms with Crippen LogP contribution in [0, 0.1) is 5.92 Å². The van der Waals surface area contributed by atoms with Crippen molar-refractivity contribution >= 4 is 13.3 Å². The van der Waals surface area contributed by atoms with Crippen LogP contribution in [-0.2, 0) is 15.5 Å². The van der Waals surface area contributed by atoms with E-state index < -0.39 is 8.03 Å². The molecule has 0 aromatic heterocycles. The van der Waals surface area contributed by atoms with Crippen molar-refractivity contribution in [3.63, 3.8) is 0 Å². The molecule has 0 amide bonds. The number of benzene rings is 1. The molecule has 1 aromatic rings. The van der Waals surface area contributed by atoms with E-state index in [-0.39, 0.29) is 0 Å². The minimum Gasteiger partial charge on any atom is -0.142 e. The van der Waals surface area contributed by atoms with Crippen molar-refractivity contribution in [2.45, 2.75) is 20.3 Å². The van der Waals surface area contributed by atoms with Crippen LogP contribution < -0.4 is 5.30 Å². The third-order valence-electron chi connectivity index (χ3n) is 2.08. The molecule has 0 aliphatic heterocycles. The van der Waals surface area contributed by atoms with Gasteiger partial charge in [0.05, 0.1) is 0 Å². The van der Waals surface area contributed by atoms with Gasteiger partial charge in [-0.25, -0.2) is 0 Å². The van der Waals surface area contributed by atoms with Crippen LogP contribution in [0.4, 0.5) is 0 Å². The fourth-order valence-electron chi connectivity index (χ4n) is 1.30. The van der Waals surface area contributed by atoms with Gasteiger partial charge in [-0.15, -0.1) is 11.1 Å². The lowest BCUT2D eigenvalue weighted by molar-refractivity contribution is 0.287. The van der Waals surface area contributed by atoms with E-state index in [0.717, 1.165) is 17.3 Å². The molecule has 0 bridgehead atoms. The summed E-state index contributed by atoms with van der Waals surface area (Å²) < 4.78 is 17.3. The predicted molar refractivity (Wildman–Crippen MR) is 68.4 cm³/mol. The van der Waals surface area contributed by atoms with Crippen molar-refractivity contribution in [1.82, 2.24) is 0 Å². The van der Waals surface area contributed by atoms with E-state index >= 15 is 0 Å². The average Bonchev–Trinajstić information content (AvgIpc) is 2.27. The minimum atomic E-state index is -1.74. The lowest BCUT2D eigenvalue weighted by Crippen LogP contribution is -2.07. The molecule has 2 nitrogen and oxygen atoms in total. The summed E-state index contributed by atoms with van der Waals surface area (Å²) in [6.07, 6.45) is 2.53. The molecule has 3 heteroatoms. The first-order valence-corrected chi connectivity index (χ1v) is 6.62. The molecule has 0 fully saturated rings. The van der Waals surface area contributed by atoms with Gasteiger partial charge in [0.2, 0.25) is 5.30 Å². The Labute approximate surface area is 98.2 Å². The summed E-state index contributed by atoms with van der Waals surface area (Å²) in [6, 6.07) is 7.64. The zero-order valence-electron chi connectivity index (χ0n) is 9.85. The quantitative estimate of drug-likeness (QED) is 0.559. The van der Waals surface area contributed by atoms with Gasteiger partial charge in [0.25, 0.3) is 0 Å². The van der Waals surface area contributed by atoms with Gasteiger partial charge in [0.1, 0.15) is 6.61 Å². The van der Waals surface area contributed by atoms with Crippen molar-refractivity contribution in [3.05, 3.63) is 42.5 Å². The summed E-state index contributed by atoms with van der Waals surface area (Å²) in [5, 5.41) is 0.790. The molecular formula is C13H18O2P+. The van der Waals surface area contributed by atoms with Crippen LogP contribution in [0.1, 0.15) is 19.4 Å². The van der Waals surface area contributed by atoms with E-state index in [4.69, 9.17) is 4.52 Å². The number of rotatable bonds is 6. The van der Waals surface area contributed by atoms with Crippen LogP contribution >= 0.6 is 8.03 Å². The monoisotopic (exact) mass is 237 g/mol. The first-order chi connectivity index (χ1) is 7.65. The second kappa shape index (κ2) is 6.57. The van der Waals surface area contributed by atoms with Crippen molar-refractivity contribution in [2.75, 3.05) is 6.61 Å². The van der Waals surface area contributed by atoms with Crippen LogP contribution in [0.2, 0.25) is 0 Å². The lowest BCUT2D eigenvalue weighted by atomic mass is 10.1. The SMILES string of the molecule is C=CCc1ccccc1[P+](=O)OCC(C)C. The molecule has 1 atom stereocenters. The molecule has 0 aliphatic rings. The number of allylic oxidation sites excluding steroid dienone is 1. The topological polar surface area (TPSA) is 26.3 Å². The van der Waals surface area contributed by atoms with Crippen LogP contribution in [0.3, 0.4) is 0 Å². The molecule has 0 spiro atoms. The standard InChI is InChI=1S/C13H18O2P/c1-4-7-12-8-5-6-9-13(12)16(14)15-10-11(2)3/h4-6,8-9,11H,1,7,10H2,2-3H3/q+1. The van der Waals surface area contributed by atoms with Crippen LogP contribution in [0.5, 0.6) is 0 Å². The highest BCUT2D eigenvalue weighted by Gasteiger charge is 2.25. The van der Waals surface area contributed by atoms with Gasteiger partial charge >= 0.3 is 8.03 Å². The molecule has 86 valence electrons. The molecule has 1 aromatic carbocycles. The number of hydrogen-bond acceptors (Lipinski definition) is 2. The highest BCUT2D eigenvalue weighted by Crippen LogP contribution is 2.24.